The molecule has 0 spiro atoms. The fourth-order valence-corrected chi connectivity index (χ4v) is 3.48. The maximum absolute atomic E-state index is 12.9. The Hall–Kier alpha value is -1.32. The fraction of sp³-hybridized carbons (Fsp3) is 0.417. The van der Waals surface area contributed by atoms with Gasteiger partial charge in [0, 0.05) is 5.02 Å². The molecule has 1 aromatic rings. The van der Waals surface area contributed by atoms with E-state index in [4.69, 9.17) is 16.7 Å². The molecule has 10 heteroatoms. The number of hydrogen-bond acceptors (Lipinski definition) is 3. The number of carbonyl (C=O) groups is 1. The molecule has 0 aromatic heterocycles. The van der Waals surface area contributed by atoms with E-state index >= 15 is 0 Å². The molecule has 0 unspecified atom stereocenters. The molecule has 0 aliphatic carbocycles. The van der Waals surface area contributed by atoms with Crippen LogP contribution in [0.25, 0.3) is 0 Å². The molecule has 2 N–H and O–H groups in total. The lowest BCUT2D eigenvalue weighted by Crippen LogP contribution is -2.44. The Bertz CT molecular complexity index is 673. The minimum absolute atomic E-state index is 0.218. The van der Waals surface area contributed by atoms with Gasteiger partial charge in [0.05, 0.1) is 10.5 Å². The standard InChI is InChI=1S/C12H13ClF3NO4S/c1-6(2)10(11(18)19)17-22(20,21)9-5-7(13)3-4-8(9)12(14,15)16/h3-6,10,17H,1-2H3,(H,18,19)/t10-/m1/s1. The number of sulfonamides is 1. The monoisotopic (exact) mass is 359 g/mol. The van der Waals surface area contributed by atoms with Gasteiger partial charge in [-0.15, -0.1) is 0 Å². The lowest BCUT2D eigenvalue weighted by Gasteiger charge is -2.20. The predicted molar refractivity (Wildman–Crippen MR) is 73.0 cm³/mol. The Morgan fingerprint density at radius 2 is 1.86 bits per heavy atom. The van der Waals surface area contributed by atoms with Crippen LogP contribution in [0.1, 0.15) is 19.4 Å². The van der Waals surface area contributed by atoms with Gasteiger partial charge in [0.2, 0.25) is 10.0 Å². The van der Waals surface area contributed by atoms with Crippen LogP contribution in [0.5, 0.6) is 0 Å². The second-order valence-corrected chi connectivity index (χ2v) is 6.94. The third-order valence-electron chi connectivity index (χ3n) is 2.75. The molecule has 1 aromatic carbocycles. The minimum atomic E-state index is -4.93. The third kappa shape index (κ3) is 4.34. The molecule has 0 radical (unpaired) electrons. The van der Waals surface area contributed by atoms with Gasteiger partial charge < -0.3 is 5.11 Å². The molecule has 124 valence electrons. The molecular formula is C12H13ClF3NO4S. The van der Waals surface area contributed by atoms with Crippen LogP contribution in [-0.4, -0.2) is 25.5 Å². The molecule has 0 heterocycles. The number of alkyl halides is 3. The van der Waals surface area contributed by atoms with E-state index in [0.29, 0.717) is 12.1 Å². The van der Waals surface area contributed by atoms with Crippen molar-refractivity contribution in [3.63, 3.8) is 0 Å². The van der Waals surface area contributed by atoms with Crippen LogP contribution in [0.2, 0.25) is 5.02 Å². The zero-order valence-electron chi connectivity index (χ0n) is 11.5. The smallest absolute Gasteiger partial charge is 0.417 e. The van der Waals surface area contributed by atoms with E-state index in [1.54, 1.807) is 4.72 Å². The second kappa shape index (κ2) is 6.43. The number of carboxylic acid groups (broad SMARTS) is 1. The van der Waals surface area contributed by atoms with E-state index in [1.807, 2.05) is 0 Å². The number of benzene rings is 1. The number of rotatable bonds is 5. The summed E-state index contributed by atoms with van der Waals surface area (Å²) in [6.07, 6.45) is -4.93. The molecule has 22 heavy (non-hydrogen) atoms. The summed E-state index contributed by atoms with van der Waals surface area (Å²) in [5, 5.41) is 8.74. The highest BCUT2D eigenvalue weighted by Gasteiger charge is 2.38. The number of aliphatic carboxylic acids is 1. The maximum Gasteiger partial charge on any atom is 0.417 e. The lowest BCUT2D eigenvalue weighted by atomic mass is 10.1. The van der Waals surface area contributed by atoms with E-state index < -0.39 is 44.6 Å². The second-order valence-electron chi connectivity index (χ2n) is 4.82. The Morgan fingerprint density at radius 1 is 1.32 bits per heavy atom. The first-order valence-electron chi connectivity index (χ1n) is 5.98. The highest BCUT2D eigenvalue weighted by Crippen LogP contribution is 2.35. The molecule has 0 aliphatic heterocycles. The number of halogens is 4. The average molecular weight is 360 g/mol. The van der Waals surface area contributed by atoms with Gasteiger partial charge in [-0.1, -0.05) is 25.4 Å². The van der Waals surface area contributed by atoms with Crippen LogP contribution in [0.3, 0.4) is 0 Å². The first-order chi connectivity index (χ1) is 9.86. The van der Waals surface area contributed by atoms with Crippen molar-refractivity contribution < 1.29 is 31.5 Å². The SMILES string of the molecule is CC(C)[C@@H](NS(=O)(=O)c1cc(Cl)ccc1C(F)(F)F)C(=O)O. The van der Waals surface area contributed by atoms with Gasteiger partial charge in [-0.3, -0.25) is 4.79 Å². The Balaban J connectivity index is 3.40. The van der Waals surface area contributed by atoms with Gasteiger partial charge in [-0.2, -0.15) is 17.9 Å². The minimum Gasteiger partial charge on any atom is -0.480 e. The zero-order chi connectivity index (χ0) is 17.3. The maximum atomic E-state index is 12.9. The van der Waals surface area contributed by atoms with Crippen LogP contribution in [0.15, 0.2) is 23.1 Å². The normalized spacial score (nSPS) is 14.1. The molecule has 1 atom stereocenters. The van der Waals surface area contributed by atoms with Crippen molar-refractivity contribution in [1.29, 1.82) is 0 Å². The van der Waals surface area contributed by atoms with Crippen molar-refractivity contribution >= 4 is 27.6 Å². The third-order valence-corrected chi connectivity index (χ3v) is 4.47. The molecule has 0 bridgehead atoms. The molecule has 0 fully saturated rings. The van der Waals surface area contributed by atoms with Crippen LogP contribution < -0.4 is 4.72 Å². The van der Waals surface area contributed by atoms with E-state index in [2.05, 4.69) is 0 Å². The summed E-state index contributed by atoms with van der Waals surface area (Å²) in [7, 11) is -4.72. The van der Waals surface area contributed by atoms with Crippen molar-refractivity contribution in [1.82, 2.24) is 4.72 Å². The summed E-state index contributed by atoms with van der Waals surface area (Å²) in [6, 6.07) is 0.499. The van der Waals surface area contributed by atoms with Crippen molar-refractivity contribution in [2.75, 3.05) is 0 Å². The Kier molecular flexibility index (Phi) is 5.47. The van der Waals surface area contributed by atoms with Crippen LogP contribution in [0.4, 0.5) is 13.2 Å². The molecule has 5 nitrogen and oxygen atoms in total. The first kappa shape index (κ1) is 18.7. The highest BCUT2D eigenvalue weighted by atomic mass is 35.5. The summed E-state index contributed by atoms with van der Waals surface area (Å²) in [4.78, 5) is 9.91. The highest BCUT2D eigenvalue weighted by molar-refractivity contribution is 7.89. The van der Waals surface area contributed by atoms with Crippen molar-refractivity contribution in [3.05, 3.63) is 28.8 Å². The van der Waals surface area contributed by atoms with Gasteiger partial charge >= 0.3 is 12.1 Å². The molecule has 0 saturated carbocycles. The van der Waals surface area contributed by atoms with Crippen LogP contribution >= 0.6 is 11.6 Å². The summed E-state index contributed by atoms with van der Waals surface area (Å²) in [5.41, 5.74) is -1.42. The predicted octanol–water partition coefficient (Wildman–Crippen LogP) is 2.75. The van der Waals surface area contributed by atoms with Gasteiger partial charge in [-0.05, 0) is 24.1 Å². The van der Waals surface area contributed by atoms with E-state index in [0.717, 1.165) is 6.07 Å². The summed E-state index contributed by atoms with van der Waals surface area (Å²) in [6.45, 7) is 2.84. The van der Waals surface area contributed by atoms with Gasteiger partial charge in [-0.25, -0.2) is 8.42 Å². The van der Waals surface area contributed by atoms with E-state index in [-0.39, 0.29) is 5.02 Å². The van der Waals surface area contributed by atoms with Gasteiger partial charge in [0.25, 0.3) is 0 Å². The quantitative estimate of drug-likeness (QED) is 0.846. The summed E-state index contributed by atoms with van der Waals surface area (Å²) in [5.74, 6) is -2.16. The first-order valence-corrected chi connectivity index (χ1v) is 7.84. The number of hydrogen-bond donors (Lipinski definition) is 2. The fourth-order valence-electron chi connectivity index (χ4n) is 1.65. The summed E-state index contributed by atoms with van der Waals surface area (Å²) >= 11 is 5.56. The number of carboxylic acids is 1. The van der Waals surface area contributed by atoms with Gasteiger partial charge in [0.1, 0.15) is 6.04 Å². The Morgan fingerprint density at radius 3 is 2.27 bits per heavy atom. The molecule has 0 saturated heterocycles. The van der Waals surface area contributed by atoms with Gasteiger partial charge in [0.15, 0.2) is 0 Å². The van der Waals surface area contributed by atoms with E-state index in [1.165, 1.54) is 13.8 Å². The summed E-state index contributed by atoms with van der Waals surface area (Å²) < 4.78 is 64.8. The van der Waals surface area contributed by atoms with Crippen molar-refractivity contribution in [2.45, 2.75) is 31.0 Å². The van der Waals surface area contributed by atoms with Crippen molar-refractivity contribution in [2.24, 2.45) is 5.92 Å². The Labute approximate surface area is 130 Å². The lowest BCUT2D eigenvalue weighted by molar-refractivity contribution is -0.140. The zero-order valence-corrected chi connectivity index (χ0v) is 13.1. The number of nitrogens with one attached hydrogen (secondary N) is 1. The van der Waals surface area contributed by atoms with Crippen molar-refractivity contribution in [3.8, 4) is 0 Å². The van der Waals surface area contributed by atoms with E-state index in [9.17, 15) is 26.4 Å². The molecule has 0 aliphatic rings. The molecule has 0 amide bonds. The molecular weight excluding hydrogens is 347 g/mol. The topological polar surface area (TPSA) is 83.5 Å². The molecule has 1 rings (SSSR count). The van der Waals surface area contributed by atoms with Crippen LogP contribution in [0, 0.1) is 5.92 Å². The average Bonchev–Trinajstić information content (AvgIpc) is 2.33. The van der Waals surface area contributed by atoms with Crippen LogP contribution in [-0.2, 0) is 21.0 Å². The largest absolute Gasteiger partial charge is 0.480 e.